The number of carbonyl (C=O) groups excluding carboxylic acids is 2. The van der Waals surface area contributed by atoms with Crippen LogP contribution >= 0.6 is 0 Å². The fourth-order valence-electron chi connectivity index (χ4n) is 2.56. The molecule has 1 saturated heterocycles. The first-order valence-corrected chi connectivity index (χ1v) is 4.92. The van der Waals surface area contributed by atoms with E-state index in [1.54, 1.807) is 0 Å². The van der Waals surface area contributed by atoms with E-state index in [0.717, 1.165) is 24.2 Å². The Balaban J connectivity index is 2.32. The number of nitrogens with two attached hydrogens (primary N) is 1. The van der Waals surface area contributed by atoms with Crippen LogP contribution in [0.4, 0.5) is 4.79 Å². The van der Waals surface area contributed by atoms with Gasteiger partial charge >= 0.3 is 6.03 Å². The largest absolute Gasteiger partial charge is 0.330 e. The highest BCUT2D eigenvalue weighted by molar-refractivity contribution is 6.07. The van der Waals surface area contributed by atoms with Crippen LogP contribution in [0.25, 0.3) is 0 Å². The van der Waals surface area contributed by atoms with Gasteiger partial charge in [0, 0.05) is 13.0 Å². The summed E-state index contributed by atoms with van der Waals surface area (Å²) in [6, 6.07) is -0.296. The summed E-state index contributed by atoms with van der Waals surface area (Å²) in [5.74, 6) is -0.0145. The lowest BCUT2D eigenvalue weighted by atomic mass is 9.87. The van der Waals surface area contributed by atoms with Crippen molar-refractivity contribution in [2.24, 2.45) is 11.7 Å². The number of carbonyl (C=O) groups is 2. The van der Waals surface area contributed by atoms with Crippen LogP contribution in [0.15, 0.2) is 0 Å². The Morgan fingerprint density at radius 1 is 1.64 bits per heavy atom. The van der Waals surface area contributed by atoms with Crippen LogP contribution in [-0.2, 0) is 4.79 Å². The van der Waals surface area contributed by atoms with E-state index in [1.807, 2.05) is 0 Å². The molecular formula is C9H15N3O2. The molecule has 2 fully saturated rings. The topological polar surface area (TPSA) is 75.4 Å². The Morgan fingerprint density at radius 2 is 2.36 bits per heavy atom. The number of imide groups is 1. The number of amides is 3. The summed E-state index contributed by atoms with van der Waals surface area (Å²) < 4.78 is 0. The summed E-state index contributed by atoms with van der Waals surface area (Å²) in [6.07, 6.45) is 2.61. The molecule has 78 valence electrons. The van der Waals surface area contributed by atoms with Gasteiger partial charge in [0.1, 0.15) is 5.54 Å². The number of urea groups is 1. The van der Waals surface area contributed by atoms with E-state index in [4.69, 9.17) is 5.73 Å². The molecule has 3 N–H and O–H groups in total. The third-order valence-electron chi connectivity index (χ3n) is 3.43. The van der Waals surface area contributed by atoms with Crippen molar-refractivity contribution in [2.45, 2.75) is 24.8 Å². The molecule has 5 heteroatoms. The van der Waals surface area contributed by atoms with Gasteiger partial charge in [-0.15, -0.1) is 0 Å². The maximum absolute atomic E-state index is 11.9. The Kier molecular flexibility index (Phi) is 1.99. The predicted octanol–water partition coefficient (Wildman–Crippen LogP) is -0.334. The zero-order chi connectivity index (χ0) is 10.3. The number of likely N-dealkylation sites (N-methyl/N-ethyl adjacent to an activating group) is 1. The molecule has 14 heavy (non-hydrogen) atoms. The van der Waals surface area contributed by atoms with E-state index in [2.05, 4.69) is 5.32 Å². The molecule has 1 heterocycles. The molecule has 0 aromatic carbocycles. The van der Waals surface area contributed by atoms with Crippen LogP contribution in [0.5, 0.6) is 0 Å². The minimum atomic E-state index is -0.680. The van der Waals surface area contributed by atoms with Gasteiger partial charge in [-0.25, -0.2) is 4.79 Å². The molecule has 3 amide bonds. The zero-order valence-corrected chi connectivity index (χ0v) is 8.25. The number of nitrogens with zero attached hydrogens (tertiary/aromatic N) is 1. The van der Waals surface area contributed by atoms with Crippen LogP contribution in [0, 0.1) is 5.92 Å². The Morgan fingerprint density at radius 3 is 2.86 bits per heavy atom. The van der Waals surface area contributed by atoms with Crippen molar-refractivity contribution < 1.29 is 9.59 Å². The van der Waals surface area contributed by atoms with Gasteiger partial charge in [-0.3, -0.25) is 9.69 Å². The monoisotopic (exact) mass is 197 g/mol. The first-order valence-electron chi connectivity index (χ1n) is 4.92. The Labute approximate surface area is 82.6 Å². The van der Waals surface area contributed by atoms with E-state index in [-0.39, 0.29) is 17.9 Å². The van der Waals surface area contributed by atoms with Crippen molar-refractivity contribution in [3.63, 3.8) is 0 Å². The second-order valence-electron chi connectivity index (χ2n) is 4.09. The molecule has 2 aliphatic rings. The van der Waals surface area contributed by atoms with Crippen LogP contribution in [0.3, 0.4) is 0 Å². The van der Waals surface area contributed by atoms with Gasteiger partial charge in [-0.05, 0) is 19.4 Å². The second kappa shape index (κ2) is 2.95. The molecule has 5 nitrogen and oxygen atoms in total. The molecule has 1 saturated carbocycles. The van der Waals surface area contributed by atoms with Crippen molar-refractivity contribution in [1.82, 2.24) is 10.2 Å². The normalized spacial score (nSPS) is 37.0. The number of rotatable bonds is 1. The molecule has 0 aromatic heterocycles. The molecular weight excluding hydrogens is 182 g/mol. The van der Waals surface area contributed by atoms with Crippen LogP contribution < -0.4 is 11.1 Å². The molecule has 1 spiro atoms. The maximum Gasteiger partial charge on any atom is 0.324 e. The summed E-state index contributed by atoms with van der Waals surface area (Å²) in [7, 11) is 1.51. The summed E-state index contributed by atoms with van der Waals surface area (Å²) in [6.45, 7) is 0.458. The van der Waals surface area contributed by atoms with Crippen LogP contribution in [0.1, 0.15) is 19.3 Å². The number of hydrogen-bond donors (Lipinski definition) is 2. The zero-order valence-electron chi connectivity index (χ0n) is 8.25. The van der Waals surface area contributed by atoms with E-state index in [0.29, 0.717) is 6.54 Å². The predicted molar refractivity (Wildman–Crippen MR) is 50.4 cm³/mol. The highest BCUT2D eigenvalue weighted by Gasteiger charge is 2.56. The highest BCUT2D eigenvalue weighted by atomic mass is 16.2. The van der Waals surface area contributed by atoms with Crippen molar-refractivity contribution in [3.8, 4) is 0 Å². The van der Waals surface area contributed by atoms with Gasteiger partial charge in [-0.1, -0.05) is 6.42 Å². The SMILES string of the molecule is CN1C(=O)N[C@]2(CCC[C@H]2CN)C1=O. The lowest BCUT2D eigenvalue weighted by Crippen LogP contribution is -2.52. The van der Waals surface area contributed by atoms with E-state index >= 15 is 0 Å². The quantitative estimate of drug-likeness (QED) is 0.565. The van der Waals surface area contributed by atoms with Crippen molar-refractivity contribution in [3.05, 3.63) is 0 Å². The summed E-state index contributed by atoms with van der Waals surface area (Å²) in [4.78, 5) is 24.4. The fraction of sp³-hybridized carbons (Fsp3) is 0.778. The van der Waals surface area contributed by atoms with Gasteiger partial charge in [-0.2, -0.15) is 0 Å². The van der Waals surface area contributed by atoms with Crippen LogP contribution in [0.2, 0.25) is 0 Å². The van der Waals surface area contributed by atoms with Crippen LogP contribution in [-0.4, -0.2) is 36.0 Å². The fourth-order valence-corrected chi connectivity index (χ4v) is 2.56. The molecule has 1 aliphatic heterocycles. The molecule has 2 atom stereocenters. The van der Waals surface area contributed by atoms with Gasteiger partial charge in [0.2, 0.25) is 0 Å². The van der Waals surface area contributed by atoms with Gasteiger partial charge in [0.25, 0.3) is 5.91 Å². The molecule has 0 bridgehead atoms. The van der Waals surface area contributed by atoms with Crippen molar-refractivity contribution in [2.75, 3.05) is 13.6 Å². The average Bonchev–Trinajstić information content (AvgIpc) is 2.66. The lowest BCUT2D eigenvalue weighted by Gasteiger charge is -2.27. The third-order valence-corrected chi connectivity index (χ3v) is 3.43. The van der Waals surface area contributed by atoms with Gasteiger partial charge in [0.15, 0.2) is 0 Å². The summed E-state index contributed by atoms with van der Waals surface area (Å²) in [5, 5.41) is 2.79. The Hall–Kier alpha value is -1.10. The first-order chi connectivity index (χ1) is 6.62. The standard InChI is InChI=1S/C9H15N3O2/c1-12-7(13)9(11-8(12)14)4-2-3-6(9)5-10/h6H,2-5,10H2,1H3,(H,11,14)/t6-,9-/m0/s1. The maximum atomic E-state index is 11.9. The number of nitrogens with one attached hydrogen (secondary N) is 1. The van der Waals surface area contributed by atoms with E-state index < -0.39 is 5.54 Å². The molecule has 0 unspecified atom stereocenters. The highest BCUT2D eigenvalue weighted by Crippen LogP contribution is 2.39. The minimum Gasteiger partial charge on any atom is -0.330 e. The summed E-state index contributed by atoms with van der Waals surface area (Å²) >= 11 is 0. The third kappa shape index (κ3) is 0.987. The van der Waals surface area contributed by atoms with Gasteiger partial charge < -0.3 is 11.1 Å². The van der Waals surface area contributed by atoms with E-state index in [1.165, 1.54) is 7.05 Å². The Bertz CT molecular complexity index is 292. The lowest BCUT2D eigenvalue weighted by molar-refractivity contribution is -0.131. The summed E-state index contributed by atoms with van der Waals surface area (Å²) in [5.41, 5.74) is 4.94. The van der Waals surface area contributed by atoms with Crippen molar-refractivity contribution >= 4 is 11.9 Å². The molecule has 0 radical (unpaired) electrons. The van der Waals surface area contributed by atoms with Crippen molar-refractivity contribution in [1.29, 1.82) is 0 Å². The second-order valence-corrected chi connectivity index (χ2v) is 4.09. The number of hydrogen-bond acceptors (Lipinski definition) is 3. The molecule has 1 aliphatic carbocycles. The average molecular weight is 197 g/mol. The minimum absolute atomic E-state index is 0.101. The van der Waals surface area contributed by atoms with E-state index in [9.17, 15) is 9.59 Å². The smallest absolute Gasteiger partial charge is 0.324 e. The molecule has 2 rings (SSSR count). The first kappa shape index (κ1) is 9.45. The molecule has 0 aromatic rings. The van der Waals surface area contributed by atoms with Gasteiger partial charge in [0.05, 0.1) is 0 Å².